The average Bonchev–Trinajstić information content (AvgIpc) is 2.80. The second kappa shape index (κ2) is 5.58. The quantitative estimate of drug-likeness (QED) is 0.905. The van der Waals surface area contributed by atoms with E-state index in [0.29, 0.717) is 22.2 Å². The smallest absolute Gasteiger partial charge is 0.227 e. The summed E-state index contributed by atoms with van der Waals surface area (Å²) in [5.74, 6) is -0.293. The van der Waals surface area contributed by atoms with Gasteiger partial charge in [0.05, 0.1) is 30.8 Å². The molecule has 1 saturated heterocycles. The SMILES string of the molecule is COc1cc(N2C[C@H](C(N)=O)CC2=O)c(OC)cc1Cl. The molecule has 1 heterocycles. The van der Waals surface area contributed by atoms with Crippen LogP contribution >= 0.6 is 11.6 Å². The van der Waals surface area contributed by atoms with E-state index in [1.54, 1.807) is 12.1 Å². The van der Waals surface area contributed by atoms with Gasteiger partial charge in [-0.1, -0.05) is 11.6 Å². The zero-order valence-corrected chi connectivity index (χ0v) is 11.9. The standard InChI is InChI=1S/C13H15ClN2O4/c1-19-10-5-9(11(20-2)4-8(10)14)16-6-7(13(15)18)3-12(16)17/h4-5,7H,3,6H2,1-2H3,(H2,15,18)/t7-/m1/s1. The van der Waals surface area contributed by atoms with Crippen LogP contribution in [0.3, 0.4) is 0 Å². The Labute approximate surface area is 121 Å². The Balaban J connectivity index is 2.41. The van der Waals surface area contributed by atoms with Crippen LogP contribution in [0.5, 0.6) is 11.5 Å². The molecule has 0 saturated carbocycles. The Bertz CT molecular complexity index is 562. The highest BCUT2D eigenvalue weighted by Gasteiger charge is 2.35. The molecular weight excluding hydrogens is 284 g/mol. The summed E-state index contributed by atoms with van der Waals surface area (Å²) in [7, 11) is 2.96. The van der Waals surface area contributed by atoms with Crippen molar-refractivity contribution in [3.8, 4) is 11.5 Å². The summed E-state index contributed by atoms with van der Waals surface area (Å²) in [6.07, 6.45) is 0.101. The Morgan fingerprint density at radius 2 is 2.00 bits per heavy atom. The highest BCUT2D eigenvalue weighted by Crippen LogP contribution is 2.40. The van der Waals surface area contributed by atoms with Gasteiger partial charge in [0.1, 0.15) is 11.5 Å². The summed E-state index contributed by atoms with van der Waals surface area (Å²) in [5, 5.41) is 0.381. The topological polar surface area (TPSA) is 81.9 Å². The lowest BCUT2D eigenvalue weighted by Crippen LogP contribution is -2.28. The van der Waals surface area contributed by atoms with Gasteiger partial charge in [0.25, 0.3) is 0 Å². The number of carbonyl (C=O) groups excluding carboxylic acids is 2. The highest BCUT2D eigenvalue weighted by molar-refractivity contribution is 6.32. The number of benzene rings is 1. The summed E-state index contributed by atoms with van der Waals surface area (Å²) in [6, 6.07) is 3.18. The van der Waals surface area contributed by atoms with Gasteiger partial charge in [0.15, 0.2) is 0 Å². The van der Waals surface area contributed by atoms with Crippen molar-refractivity contribution < 1.29 is 19.1 Å². The summed E-state index contributed by atoms with van der Waals surface area (Å²) in [4.78, 5) is 24.7. The molecule has 1 fully saturated rings. The fourth-order valence-electron chi connectivity index (χ4n) is 2.19. The van der Waals surface area contributed by atoms with Gasteiger partial charge >= 0.3 is 0 Å². The molecule has 0 aromatic heterocycles. The predicted octanol–water partition coefficient (Wildman–Crippen LogP) is 1.20. The highest BCUT2D eigenvalue weighted by atomic mass is 35.5. The zero-order chi connectivity index (χ0) is 14.9. The number of halogens is 1. The van der Waals surface area contributed by atoms with Crippen LogP contribution < -0.4 is 20.1 Å². The maximum atomic E-state index is 12.0. The number of nitrogens with two attached hydrogens (primary N) is 1. The molecule has 1 aromatic rings. The number of nitrogens with zero attached hydrogens (tertiary/aromatic N) is 1. The molecule has 2 amide bonds. The summed E-state index contributed by atoms with van der Waals surface area (Å²) < 4.78 is 10.4. The first kappa shape index (κ1) is 14.5. The van der Waals surface area contributed by atoms with Crippen LogP contribution in [-0.2, 0) is 9.59 Å². The molecule has 2 rings (SSSR count). The fraction of sp³-hybridized carbons (Fsp3) is 0.385. The number of carbonyl (C=O) groups is 2. The van der Waals surface area contributed by atoms with Gasteiger partial charge in [-0.25, -0.2) is 0 Å². The van der Waals surface area contributed by atoms with E-state index in [1.807, 2.05) is 0 Å². The Kier molecular flexibility index (Phi) is 4.04. The molecule has 0 bridgehead atoms. The molecular formula is C13H15ClN2O4. The second-order valence-corrected chi connectivity index (χ2v) is 4.87. The molecule has 1 aliphatic rings. The van der Waals surface area contributed by atoms with Crippen molar-refractivity contribution in [3.05, 3.63) is 17.2 Å². The predicted molar refractivity (Wildman–Crippen MR) is 74.2 cm³/mol. The number of anilines is 1. The Hall–Kier alpha value is -1.95. The summed E-state index contributed by atoms with van der Waals surface area (Å²) in [6.45, 7) is 0.231. The normalized spacial score (nSPS) is 18.2. The number of hydrogen-bond donors (Lipinski definition) is 1. The van der Waals surface area contributed by atoms with Gasteiger partial charge < -0.3 is 20.1 Å². The lowest BCUT2D eigenvalue weighted by atomic mass is 10.1. The van der Waals surface area contributed by atoms with Crippen LogP contribution in [0.25, 0.3) is 0 Å². The molecule has 1 atom stereocenters. The van der Waals surface area contributed by atoms with Crippen molar-refractivity contribution in [2.75, 3.05) is 25.7 Å². The number of amides is 2. The van der Waals surface area contributed by atoms with Gasteiger partial charge in [-0.3, -0.25) is 9.59 Å². The third-order valence-electron chi connectivity index (χ3n) is 3.27. The van der Waals surface area contributed by atoms with Crippen molar-refractivity contribution in [1.82, 2.24) is 0 Å². The molecule has 0 spiro atoms. The van der Waals surface area contributed by atoms with Gasteiger partial charge in [-0.15, -0.1) is 0 Å². The zero-order valence-electron chi connectivity index (χ0n) is 11.2. The number of primary amides is 1. The second-order valence-electron chi connectivity index (χ2n) is 4.47. The van der Waals surface area contributed by atoms with E-state index in [9.17, 15) is 9.59 Å². The van der Waals surface area contributed by atoms with Crippen molar-refractivity contribution >= 4 is 29.1 Å². The molecule has 20 heavy (non-hydrogen) atoms. The maximum absolute atomic E-state index is 12.0. The summed E-state index contributed by atoms with van der Waals surface area (Å²) >= 11 is 6.02. The van der Waals surface area contributed by atoms with E-state index in [1.165, 1.54) is 19.1 Å². The number of hydrogen-bond acceptors (Lipinski definition) is 4. The Morgan fingerprint density at radius 1 is 1.35 bits per heavy atom. The molecule has 2 N–H and O–H groups in total. The van der Waals surface area contributed by atoms with Crippen molar-refractivity contribution in [2.45, 2.75) is 6.42 Å². The first-order chi connectivity index (χ1) is 9.47. The molecule has 1 aliphatic heterocycles. The number of methoxy groups -OCH3 is 2. The first-order valence-corrected chi connectivity index (χ1v) is 6.37. The van der Waals surface area contributed by atoms with Crippen molar-refractivity contribution in [2.24, 2.45) is 11.7 Å². The van der Waals surface area contributed by atoms with Crippen LogP contribution in [0.1, 0.15) is 6.42 Å². The van der Waals surface area contributed by atoms with Crippen LogP contribution in [0.15, 0.2) is 12.1 Å². The lowest BCUT2D eigenvalue weighted by molar-refractivity contribution is -0.123. The number of ether oxygens (including phenoxy) is 2. The molecule has 0 aliphatic carbocycles. The van der Waals surface area contributed by atoms with E-state index < -0.39 is 11.8 Å². The molecule has 6 nitrogen and oxygen atoms in total. The van der Waals surface area contributed by atoms with Crippen LogP contribution in [0, 0.1) is 5.92 Å². The van der Waals surface area contributed by atoms with Crippen molar-refractivity contribution in [1.29, 1.82) is 0 Å². The molecule has 108 valence electrons. The molecule has 0 unspecified atom stereocenters. The van der Waals surface area contributed by atoms with E-state index in [4.69, 9.17) is 26.8 Å². The van der Waals surface area contributed by atoms with E-state index in [2.05, 4.69) is 0 Å². The largest absolute Gasteiger partial charge is 0.495 e. The maximum Gasteiger partial charge on any atom is 0.227 e. The molecule has 1 aromatic carbocycles. The summed E-state index contributed by atoms with van der Waals surface area (Å²) in [5.41, 5.74) is 5.77. The lowest BCUT2D eigenvalue weighted by Gasteiger charge is -2.20. The average molecular weight is 299 g/mol. The van der Waals surface area contributed by atoms with Crippen molar-refractivity contribution in [3.63, 3.8) is 0 Å². The molecule has 7 heteroatoms. The van der Waals surface area contributed by atoms with Crippen LogP contribution in [0.4, 0.5) is 5.69 Å². The third kappa shape index (κ3) is 2.51. The van der Waals surface area contributed by atoms with Gasteiger partial charge in [-0.05, 0) is 0 Å². The first-order valence-electron chi connectivity index (χ1n) is 5.99. The van der Waals surface area contributed by atoms with Gasteiger partial charge in [0.2, 0.25) is 11.8 Å². The van der Waals surface area contributed by atoms with E-state index in [0.717, 1.165) is 0 Å². The number of rotatable bonds is 4. The fourth-order valence-corrected chi connectivity index (χ4v) is 2.42. The Morgan fingerprint density at radius 3 is 2.50 bits per heavy atom. The molecule has 0 radical (unpaired) electrons. The van der Waals surface area contributed by atoms with E-state index in [-0.39, 0.29) is 18.9 Å². The minimum atomic E-state index is -0.492. The van der Waals surface area contributed by atoms with Gasteiger partial charge in [-0.2, -0.15) is 0 Å². The minimum absolute atomic E-state index is 0.101. The van der Waals surface area contributed by atoms with E-state index >= 15 is 0 Å². The minimum Gasteiger partial charge on any atom is -0.495 e. The third-order valence-corrected chi connectivity index (χ3v) is 3.57. The van der Waals surface area contributed by atoms with Crippen LogP contribution in [-0.4, -0.2) is 32.6 Å². The van der Waals surface area contributed by atoms with Crippen LogP contribution in [0.2, 0.25) is 5.02 Å². The van der Waals surface area contributed by atoms with Gasteiger partial charge in [0, 0.05) is 25.1 Å². The monoisotopic (exact) mass is 298 g/mol.